The van der Waals surface area contributed by atoms with Gasteiger partial charge in [-0.2, -0.15) is 0 Å². The second-order valence-electron chi connectivity index (χ2n) is 4.45. The fourth-order valence-electron chi connectivity index (χ4n) is 1.98. The average molecular weight is 268 g/mol. The van der Waals surface area contributed by atoms with Gasteiger partial charge in [-0.05, 0) is 43.9 Å². The van der Waals surface area contributed by atoms with E-state index in [0.29, 0.717) is 6.04 Å². The zero-order valence-electron chi connectivity index (χ0n) is 9.17. The normalized spacial score (nSPS) is 18.5. The highest BCUT2D eigenvalue weighted by molar-refractivity contribution is 9.10. The first-order valence-corrected chi connectivity index (χ1v) is 6.54. The van der Waals surface area contributed by atoms with Gasteiger partial charge in [0.1, 0.15) is 0 Å². The van der Waals surface area contributed by atoms with Crippen LogP contribution >= 0.6 is 15.9 Å². The molecule has 1 aromatic rings. The smallest absolute Gasteiger partial charge is 0.0303 e. The molecule has 1 aliphatic carbocycles. The van der Waals surface area contributed by atoms with Crippen LogP contribution in [0.5, 0.6) is 0 Å². The Labute approximate surface area is 100 Å². The molecule has 82 valence electrons. The molecular weight excluding hydrogens is 250 g/mol. The first-order valence-electron chi connectivity index (χ1n) is 5.75. The number of halogens is 1. The van der Waals surface area contributed by atoms with E-state index in [0.717, 1.165) is 5.92 Å². The maximum Gasteiger partial charge on any atom is 0.0303 e. The molecule has 2 rings (SSSR count). The van der Waals surface area contributed by atoms with E-state index in [1.54, 1.807) is 0 Å². The van der Waals surface area contributed by atoms with Crippen molar-refractivity contribution in [3.05, 3.63) is 34.3 Å². The van der Waals surface area contributed by atoms with Crippen LogP contribution in [0.3, 0.4) is 0 Å². The molecule has 0 bridgehead atoms. The summed E-state index contributed by atoms with van der Waals surface area (Å²) in [4.78, 5) is 0. The summed E-state index contributed by atoms with van der Waals surface area (Å²) < 4.78 is 1.21. The molecule has 0 spiro atoms. The van der Waals surface area contributed by atoms with Crippen LogP contribution in [0, 0.1) is 5.92 Å². The third-order valence-corrected chi connectivity index (χ3v) is 4.03. The van der Waals surface area contributed by atoms with Crippen LogP contribution in [0.1, 0.15) is 37.8 Å². The summed E-state index contributed by atoms with van der Waals surface area (Å²) in [6.45, 7) is 3.40. The number of hydrogen-bond acceptors (Lipinski definition) is 1. The lowest BCUT2D eigenvalue weighted by atomic mass is 9.85. The monoisotopic (exact) mass is 267 g/mol. The average Bonchev–Trinajstić information content (AvgIpc) is 2.16. The van der Waals surface area contributed by atoms with Gasteiger partial charge in [0, 0.05) is 10.5 Å². The van der Waals surface area contributed by atoms with Crippen LogP contribution < -0.4 is 5.32 Å². The van der Waals surface area contributed by atoms with Gasteiger partial charge in [-0.25, -0.2) is 0 Å². The van der Waals surface area contributed by atoms with Crippen LogP contribution in [0.2, 0.25) is 0 Å². The quantitative estimate of drug-likeness (QED) is 0.873. The molecule has 2 heteroatoms. The molecule has 0 saturated heterocycles. The van der Waals surface area contributed by atoms with Gasteiger partial charge < -0.3 is 5.32 Å². The third kappa shape index (κ3) is 2.82. The van der Waals surface area contributed by atoms with Gasteiger partial charge in [0.05, 0.1) is 0 Å². The van der Waals surface area contributed by atoms with Crippen molar-refractivity contribution >= 4 is 15.9 Å². The van der Waals surface area contributed by atoms with Crippen LogP contribution in [0.15, 0.2) is 28.7 Å². The van der Waals surface area contributed by atoms with Crippen molar-refractivity contribution < 1.29 is 0 Å². The molecule has 0 heterocycles. The van der Waals surface area contributed by atoms with Gasteiger partial charge in [-0.15, -0.1) is 0 Å². The molecule has 1 N–H and O–H groups in total. The van der Waals surface area contributed by atoms with Gasteiger partial charge in [0.15, 0.2) is 0 Å². The minimum atomic E-state index is 0.446. The van der Waals surface area contributed by atoms with E-state index in [-0.39, 0.29) is 0 Å². The van der Waals surface area contributed by atoms with Crippen molar-refractivity contribution in [3.63, 3.8) is 0 Å². The minimum Gasteiger partial charge on any atom is -0.310 e. The molecule has 0 unspecified atom stereocenters. The highest BCUT2D eigenvalue weighted by atomic mass is 79.9. The van der Waals surface area contributed by atoms with Crippen molar-refractivity contribution in [2.45, 2.75) is 32.2 Å². The first-order chi connectivity index (χ1) is 7.27. The lowest BCUT2D eigenvalue weighted by Gasteiger charge is -2.27. The standard InChI is InChI=1S/C13H18BrN/c1-10(15-9-11-5-4-6-11)12-7-2-3-8-13(12)14/h2-3,7-8,10-11,15H,4-6,9H2,1H3/t10-/m0/s1. The molecule has 0 amide bonds. The van der Waals surface area contributed by atoms with Gasteiger partial charge >= 0.3 is 0 Å². The summed E-state index contributed by atoms with van der Waals surface area (Å²) in [6.07, 6.45) is 4.25. The van der Waals surface area contributed by atoms with Crippen molar-refractivity contribution in [2.75, 3.05) is 6.54 Å². The van der Waals surface area contributed by atoms with Crippen molar-refractivity contribution in [1.82, 2.24) is 5.32 Å². The Morgan fingerprint density at radius 1 is 1.40 bits per heavy atom. The van der Waals surface area contributed by atoms with E-state index in [2.05, 4.69) is 52.4 Å². The lowest BCUT2D eigenvalue weighted by Crippen LogP contribution is -2.29. The maximum absolute atomic E-state index is 3.61. The van der Waals surface area contributed by atoms with Crippen LogP contribution in [0.4, 0.5) is 0 Å². The highest BCUT2D eigenvalue weighted by Gasteiger charge is 2.18. The highest BCUT2D eigenvalue weighted by Crippen LogP contribution is 2.27. The molecule has 1 saturated carbocycles. The number of benzene rings is 1. The molecule has 0 radical (unpaired) electrons. The van der Waals surface area contributed by atoms with Crippen LogP contribution in [0.25, 0.3) is 0 Å². The van der Waals surface area contributed by atoms with Gasteiger partial charge in [0.2, 0.25) is 0 Å². The Balaban J connectivity index is 1.89. The minimum absolute atomic E-state index is 0.446. The fraction of sp³-hybridized carbons (Fsp3) is 0.538. The van der Waals surface area contributed by atoms with Crippen LogP contribution in [-0.4, -0.2) is 6.54 Å². The summed E-state index contributed by atoms with van der Waals surface area (Å²) in [5.74, 6) is 0.926. The number of rotatable bonds is 4. The summed E-state index contributed by atoms with van der Waals surface area (Å²) in [6, 6.07) is 8.90. The Kier molecular flexibility index (Phi) is 3.81. The van der Waals surface area contributed by atoms with Crippen molar-refractivity contribution in [2.24, 2.45) is 5.92 Å². The molecule has 1 aliphatic rings. The van der Waals surface area contributed by atoms with Crippen molar-refractivity contribution in [3.8, 4) is 0 Å². The molecule has 1 aromatic carbocycles. The van der Waals surface area contributed by atoms with E-state index < -0.39 is 0 Å². The summed E-state index contributed by atoms with van der Waals surface area (Å²) in [7, 11) is 0. The van der Waals surface area contributed by atoms with Crippen LogP contribution in [-0.2, 0) is 0 Å². The predicted molar refractivity (Wildman–Crippen MR) is 67.9 cm³/mol. The lowest BCUT2D eigenvalue weighted by molar-refractivity contribution is 0.292. The van der Waals surface area contributed by atoms with E-state index >= 15 is 0 Å². The molecule has 1 fully saturated rings. The van der Waals surface area contributed by atoms with E-state index in [4.69, 9.17) is 0 Å². The van der Waals surface area contributed by atoms with Gasteiger partial charge in [0.25, 0.3) is 0 Å². The molecule has 1 atom stereocenters. The fourth-order valence-corrected chi connectivity index (χ4v) is 2.60. The van der Waals surface area contributed by atoms with Gasteiger partial charge in [-0.1, -0.05) is 40.5 Å². The molecule has 0 aliphatic heterocycles. The van der Waals surface area contributed by atoms with Gasteiger partial charge in [-0.3, -0.25) is 0 Å². The Hall–Kier alpha value is -0.340. The van der Waals surface area contributed by atoms with E-state index in [9.17, 15) is 0 Å². The zero-order chi connectivity index (χ0) is 10.7. The molecule has 15 heavy (non-hydrogen) atoms. The number of hydrogen-bond donors (Lipinski definition) is 1. The predicted octanol–water partition coefficient (Wildman–Crippen LogP) is 3.90. The molecular formula is C13H18BrN. The van der Waals surface area contributed by atoms with E-state index in [1.807, 2.05) is 0 Å². The largest absolute Gasteiger partial charge is 0.310 e. The second-order valence-corrected chi connectivity index (χ2v) is 5.30. The Morgan fingerprint density at radius 3 is 2.73 bits per heavy atom. The number of nitrogens with one attached hydrogen (secondary N) is 1. The zero-order valence-corrected chi connectivity index (χ0v) is 10.8. The summed E-state index contributed by atoms with van der Waals surface area (Å²) >= 11 is 3.59. The SMILES string of the molecule is C[C@H](NCC1CCC1)c1ccccc1Br. The molecule has 1 nitrogen and oxygen atoms in total. The Bertz CT molecular complexity index is 320. The Morgan fingerprint density at radius 2 is 2.13 bits per heavy atom. The summed E-state index contributed by atoms with van der Waals surface area (Å²) in [5.41, 5.74) is 1.36. The van der Waals surface area contributed by atoms with Crippen molar-refractivity contribution in [1.29, 1.82) is 0 Å². The molecule has 0 aromatic heterocycles. The maximum atomic E-state index is 3.61. The topological polar surface area (TPSA) is 12.0 Å². The second kappa shape index (κ2) is 5.13. The van der Waals surface area contributed by atoms with E-state index in [1.165, 1.54) is 35.8 Å². The first kappa shape index (κ1) is 11.2. The summed E-state index contributed by atoms with van der Waals surface area (Å²) in [5, 5.41) is 3.61. The third-order valence-electron chi connectivity index (χ3n) is 3.31.